The van der Waals surface area contributed by atoms with Crippen LogP contribution in [0.2, 0.25) is 0 Å². The van der Waals surface area contributed by atoms with E-state index in [9.17, 15) is 76.6 Å². The highest BCUT2D eigenvalue weighted by Crippen LogP contribution is 2.76. The van der Waals surface area contributed by atoms with Gasteiger partial charge in [0, 0.05) is 5.41 Å². The Morgan fingerprint density at radius 3 is 1.74 bits per heavy atom. The molecule has 0 unspecified atom stereocenters. The van der Waals surface area contributed by atoms with Crippen LogP contribution < -0.4 is 0 Å². The summed E-state index contributed by atoms with van der Waals surface area (Å²) in [4.78, 5) is 15.3. The van der Waals surface area contributed by atoms with Crippen LogP contribution in [0, 0.1) is 50.2 Å². The van der Waals surface area contributed by atoms with Gasteiger partial charge in [0.25, 0.3) is 0 Å². The summed E-state index contributed by atoms with van der Waals surface area (Å²) >= 11 is 0. The molecule has 0 radical (unpaired) electrons. The Balaban J connectivity index is 0.855. The first-order valence-electron chi connectivity index (χ1n) is 30.6. The van der Waals surface area contributed by atoms with Crippen molar-refractivity contribution in [3.63, 3.8) is 0 Å². The standard InChI is InChI=1S/C59H96O26/c1-24-34(63)39(68)43(72)48(78-24)83-46-36(65)28(62)21-76-52(46)82-33-12-13-55(5)31(56(33,6)23-61)11-14-58(8)32(55)10-9-26-27-19-54(3,4)15-17-59(27,18-16-57(26,58)7)53(75)85-50-45(74)41(70)38(67)30(81-50)22-77-51-47(42(71)37(66)29(20-60)80-51)84-49-44(73)40(69)35(64)25(2)79-49/h9,24-25,27-52,60-74H,10-23H2,1-8H3/t24-,25+,27+,28-,29+,30+,31+,32-,33+,34+,35+,36-,37-,38+,39+,40+,41+,42-,43-,44+,45+,46+,47+,48+,49+,50-,51-,52-,55-,56+,57+,58+,59+/m1/s1. The van der Waals surface area contributed by atoms with Crippen LogP contribution in [-0.2, 0) is 52.2 Å². The average Bonchev–Trinajstić information content (AvgIpc) is 0.684. The van der Waals surface area contributed by atoms with E-state index >= 15 is 4.79 Å². The second-order valence-corrected chi connectivity index (χ2v) is 28.5. The number of hydrogen-bond donors (Lipinski definition) is 15. The van der Waals surface area contributed by atoms with E-state index < -0.39 is 189 Å². The maximum absolute atomic E-state index is 15.3. The Kier molecular flexibility index (Phi) is 19.0. The zero-order valence-electron chi connectivity index (χ0n) is 49.8. The van der Waals surface area contributed by atoms with Crippen molar-refractivity contribution in [3.8, 4) is 0 Å². The molecule has 5 aliphatic heterocycles. The molecule has 5 saturated heterocycles. The molecule has 488 valence electrons. The molecular weight excluding hydrogens is 1120 g/mol. The van der Waals surface area contributed by atoms with E-state index in [2.05, 4.69) is 40.7 Å². The predicted molar refractivity (Wildman–Crippen MR) is 288 cm³/mol. The van der Waals surface area contributed by atoms with Crippen LogP contribution in [0.5, 0.6) is 0 Å². The summed E-state index contributed by atoms with van der Waals surface area (Å²) in [5.41, 5.74) is -1.99. The van der Waals surface area contributed by atoms with Gasteiger partial charge in [-0.15, -0.1) is 0 Å². The van der Waals surface area contributed by atoms with E-state index in [1.807, 2.05) is 6.92 Å². The molecule has 10 rings (SSSR count). The Morgan fingerprint density at radius 1 is 0.565 bits per heavy atom. The number of rotatable bonds is 13. The molecule has 26 nitrogen and oxygen atoms in total. The third kappa shape index (κ3) is 11.1. The quantitative estimate of drug-likeness (QED) is 0.0513. The van der Waals surface area contributed by atoms with E-state index in [0.29, 0.717) is 57.8 Å². The van der Waals surface area contributed by atoms with Gasteiger partial charge in [0.2, 0.25) is 6.29 Å². The number of aliphatic hydroxyl groups is 15. The zero-order valence-corrected chi connectivity index (χ0v) is 49.8. The number of esters is 1. The maximum Gasteiger partial charge on any atom is 0.315 e. The van der Waals surface area contributed by atoms with Gasteiger partial charge in [0.1, 0.15) is 104 Å². The van der Waals surface area contributed by atoms with Crippen molar-refractivity contribution in [1.82, 2.24) is 0 Å². The summed E-state index contributed by atoms with van der Waals surface area (Å²) in [6.07, 6.45) is -30.0. The molecule has 10 aliphatic rings. The number of carbonyl (C=O) groups excluding carboxylic acids is 1. The fourth-order valence-corrected chi connectivity index (χ4v) is 17.5. The van der Waals surface area contributed by atoms with Crippen molar-refractivity contribution in [2.24, 2.45) is 50.2 Å². The molecule has 26 heteroatoms. The van der Waals surface area contributed by atoms with Gasteiger partial charge in [-0.05, 0) is 117 Å². The van der Waals surface area contributed by atoms with Crippen LogP contribution in [0.1, 0.15) is 120 Å². The average molecular weight is 1220 g/mol. The summed E-state index contributed by atoms with van der Waals surface area (Å²) in [5.74, 6) is -0.891. The van der Waals surface area contributed by atoms with Crippen LogP contribution in [0.3, 0.4) is 0 Å². The molecule has 0 aromatic rings. The number of fused-ring (bicyclic) bond motifs is 7. The van der Waals surface area contributed by atoms with Gasteiger partial charge >= 0.3 is 5.97 Å². The van der Waals surface area contributed by atoms with E-state index in [1.165, 1.54) is 19.4 Å². The first kappa shape index (κ1) is 66.2. The number of carbonyl (C=O) groups is 1. The van der Waals surface area contributed by atoms with Gasteiger partial charge < -0.3 is 124 Å². The van der Waals surface area contributed by atoms with E-state index in [4.69, 9.17) is 47.4 Å². The minimum Gasteiger partial charge on any atom is -0.432 e. The first-order chi connectivity index (χ1) is 39.8. The number of ether oxygens (including phenoxy) is 10. The molecular formula is C59H96O26. The van der Waals surface area contributed by atoms with Crippen LogP contribution in [-0.4, -0.2) is 263 Å². The SMILES string of the molecule is C[C@@H]1O[C@@H](O[C@@H]2[C@H](OC[C@@H]3O[C@H](OC(=O)[C@]45CCC(C)(C)C[C@H]4C4=CC[C@@H]6[C@]7(C)CC[C@H](O[C@H]8OC[C@@H](O)[C@@H](O)[C@@H]8O[C@@H]8O[C@H](C)[C@H](O)[C@H](O)[C@H]8O)[C@@](C)(CO)[C@H]7CC[C@]6(C)[C@@]4(C)CC5)[C@@H](O)[C@@H](O)[C@H]3O)O[C@@H](CO)[C@@H](O)[C@H]2O)[C@@H](O)[C@@H](O)[C@H]1O. The molecule has 5 heterocycles. The Labute approximate surface area is 494 Å². The lowest BCUT2D eigenvalue weighted by Gasteiger charge is -2.71. The van der Waals surface area contributed by atoms with E-state index in [1.54, 1.807) is 0 Å². The van der Waals surface area contributed by atoms with Crippen molar-refractivity contribution in [1.29, 1.82) is 0 Å². The van der Waals surface area contributed by atoms with Crippen LogP contribution in [0.15, 0.2) is 11.6 Å². The van der Waals surface area contributed by atoms with Crippen molar-refractivity contribution in [3.05, 3.63) is 11.6 Å². The predicted octanol–water partition coefficient (Wildman–Crippen LogP) is -2.54. The number of allylic oxidation sites excluding steroid dienone is 2. The lowest BCUT2D eigenvalue weighted by Crippen LogP contribution is -2.67. The maximum atomic E-state index is 15.3. The summed E-state index contributed by atoms with van der Waals surface area (Å²) in [6.45, 7) is 14.3. The minimum atomic E-state index is -1.92. The van der Waals surface area contributed by atoms with Crippen LogP contribution in [0.4, 0.5) is 0 Å². The Bertz CT molecular complexity index is 2370. The molecule has 0 spiro atoms. The molecule has 5 aliphatic carbocycles. The summed E-state index contributed by atoms with van der Waals surface area (Å²) in [7, 11) is 0. The van der Waals surface area contributed by atoms with Gasteiger partial charge in [0.05, 0.1) is 50.2 Å². The fourth-order valence-electron chi connectivity index (χ4n) is 17.5. The van der Waals surface area contributed by atoms with Crippen molar-refractivity contribution in [2.45, 2.75) is 273 Å². The topological polar surface area (TPSA) is 413 Å². The highest BCUT2D eigenvalue weighted by atomic mass is 16.8. The Morgan fingerprint density at radius 2 is 1.13 bits per heavy atom. The molecule has 0 bridgehead atoms. The Hall–Kier alpha value is -1.75. The van der Waals surface area contributed by atoms with Crippen LogP contribution >= 0.6 is 0 Å². The molecule has 15 N–H and O–H groups in total. The normalized spacial score (nSPS) is 55.3. The van der Waals surface area contributed by atoms with Gasteiger partial charge in [0.15, 0.2) is 25.2 Å². The molecule has 0 aromatic heterocycles. The second kappa shape index (κ2) is 24.4. The second-order valence-electron chi connectivity index (χ2n) is 28.5. The third-order valence-electron chi connectivity index (χ3n) is 23.2. The summed E-state index contributed by atoms with van der Waals surface area (Å²) < 4.78 is 59.9. The van der Waals surface area contributed by atoms with Crippen LogP contribution in [0.25, 0.3) is 0 Å². The number of aliphatic hydroxyl groups excluding tert-OH is 15. The first-order valence-corrected chi connectivity index (χ1v) is 30.6. The van der Waals surface area contributed by atoms with E-state index in [0.717, 1.165) is 6.42 Å². The van der Waals surface area contributed by atoms with Gasteiger partial charge in [-0.3, -0.25) is 4.79 Å². The third-order valence-corrected chi connectivity index (χ3v) is 23.2. The van der Waals surface area contributed by atoms with Gasteiger partial charge in [-0.25, -0.2) is 0 Å². The molecule has 33 atom stereocenters. The van der Waals surface area contributed by atoms with Gasteiger partial charge in [-0.2, -0.15) is 0 Å². The van der Waals surface area contributed by atoms with Crippen molar-refractivity contribution < 1.29 is 129 Å². The largest absolute Gasteiger partial charge is 0.432 e. The van der Waals surface area contributed by atoms with Crippen molar-refractivity contribution >= 4 is 5.97 Å². The zero-order chi connectivity index (χ0) is 62.0. The molecule has 9 fully saturated rings. The lowest BCUT2D eigenvalue weighted by molar-refractivity contribution is -0.370. The molecule has 85 heavy (non-hydrogen) atoms. The van der Waals surface area contributed by atoms with Crippen molar-refractivity contribution in [2.75, 3.05) is 26.4 Å². The monoisotopic (exact) mass is 1220 g/mol. The lowest BCUT2D eigenvalue weighted by atomic mass is 9.33. The molecule has 4 saturated carbocycles. The van der Waals surface area contributed by atoms with Gasteiger partial charge in [-0.1, -0.05) is 53.2 Å². The smallest absolute Gasteiger partial charge is 0.315 e. The van der Waals surface area contributed by atoms with E-state index in [-0.39, 0.29) is 47.2 Å². The highest BCUT2D eigenvalue weighted by Gasteiger charge is 2.71. The summed E-state index contributed by atoms with van der Waals surface area (Å²) in [5, 5.41) is 163. The fraction of sp³-hybridized carbons (Fsp3) is 0.949. The molecule has 0 aromatic carbocycles. The number of hydrogen-bond acceptors (Lipinski definition) is 26. The highest BCUT2D eigenvalue weighted by molar-refractivity contribution is 5.79. The minimum absolute atomic E-state index is 0.0713. The summed E-state index contributed by atoms with van der Waals surface area (Å²) in [6, 6.07) is 0. The molecule has 0 amide bonds.